The molecule has 2 aromatic carbocycles. The monoisotopic (exact) mass is 378 g/mol. The predicted molar refractivity (Wildman–Crippen MR) is 107 cm³/mol. The standard InChI is InChI=1S/C21H22N4O3/c1-27-18-9-8-16(14-19(18)28-2)24-21-23-13-11-17(25-21)20(26)22-12-10-15-6-4-3-5-7-15/h3-9,11,13-14H,10,12H2,1-2H3,(H,22,26)(H,23,24,25). The third-order valence-corrected chi connectivity index (χ3v) is 4.07. The lowest BCUT2D eigenvalue weighted by Crippen LogP contribution is -2.26. The molecule has 0 bridgehead atoms. The number of carbonyl (C=O) groups is 1. The molecule has 0 saturated carbocycles. The van der Waals surface area contributed by atoms with Crippen molar-refractivity contribution in [3.05, 3.63) is 72.1 Å². The Bertz CT molecular complexity index is 932. The summed E-state index contributed by atoms with van der Waals surface area (Å²) in [6.07, 6.45) is 2.30. The number of anilines is 2. The Balaban J connectivity index is 1.62. The molecule has 0 unspecified atom stereocenters. The van der Waals surface area contributed by atoms with Gasteiger partial charge in [-0.25, -0.2) is 9.97 Å². The predicted octanol–water partition coefficient (Wildman–Crippen LogP) is 3.21. The Hall–Kier alpha value is -3.61. The highest BCUT2D eigenvalue weighted by atomic mass is 16.5. The highest BCUT2D eigenvalue weighted by Crippen LogP contribution is 2.30. The minimum atomic E-state index is -0.242. The van der Waals surface area contributed by atoms with Crippen LogP contribution in [0.2, 0.25) is 0 Å². The lowest BCUT2D eigenvalue weighted by molar-refractivity contribution is 0.0949. The van der Waals surface area contributed by atoms with Gasteiger partial charge in [-0.05, 0) is 30.2 Å². The van der Waals surface area contributed by atoms with E-state index in [9.17, 15) is 4.79 Å². The van der Waals surface area contributed by atoms with Crippen LogP contribution < -0.4 is 20.1 Å². The van der Waals surface area contributed by atoms with Crippen LogP contribution >= 0.6 is 0 Å². The molecule has 1 aromatic heterocycles. The van der Waals surface area contributed by atoms with Gasteiger partial charge in [-0.15, -0.1) is 0 Å². The lowest BCUT2D eigenvalue weighted by atomic mass is 10.1. The summed E-state index contributed by atoms with van der Waals surface area (Å²) in [6.45, 7) is 0.533. The van der Waals surface area contributed by atoms with Gasteiger partial charge in [0, 0.05) is 24.5 Å². The first-order valence-electron chi connectivity index (χ1n) is 8.84. The number of aromatic nitrogens is 2. The fraction of sp³-hybridized carbons (Fsp3) is 0.190. The Morgan fingerprint density at radius 3 is 2.54 bits per heavy atom. The Kier molecular flexibility index (Phi) is 6.41. The number of amides is 1. The Morgan fingerprint density at radius 1 is 1.00 bits per heavy atom. The van der Waals surface area contributed by atoms with Gasteiger partial charge in [0.05, 0.1) is 14.2 Å². The van der Waals surface area contributed by atoms with Crippen LogP contribution in [0.25, 0.3) is 0 Å². The second-order valence-corrected chi connectivity index (χ2v) is 5.95. The largest absolute Gasteiger partial charge is 0.493 e. The second-order valence-electron chi connectivity index (χ2n) is 5.95. The minimum absolute atomic E-state index is 0.242. The first-order chi connectivity index (χ1) is 13.7. The van der Waals surface area contributed by atoms with Gasteiger partial charge in [-0.1, -0.05) is 30.3 Å². The van der Waals surface area contributed by atoms with Crippen molar-refractivity contribution >= 4 is 17.5 Å². The number of nitrogens with one attached hydrogen (secondary N) is 2. The minimum Gasteiger partial charge on any atom is -0.493 e. The van der Waals surface area contributed by atoms with Gasteiger partial charge < -0.3 is 20.1 Å². The van der Waals surface area contributed by atoms with E-state index in [4.69, 9.17) is 9.47 Å². The number of hydrogen-bond acceptors (Lipinski definition) is 6. The van der Waals surface area contributed by atoms with Gasteiger partial charge in [-0.2, -0.15) is 0 Å². The van der Waals surface area contributed by atoms with E-state index in [2.05, 4.69) is 20.6 Å². The van der Waals surface area contributed by atoms with Crippen molar-refractivity contribution < 1.29 is 14.3 Å². The number of carbonyl (C=O) groups excluding carboxylic acids is 1. The summed E-state index contributed by atoms with van der Waals surface area (Å²) in [6, 6.07) is 16.9. The summed E-state index contributed by atoms with van der Waals surface area (Å²) < 4.78 is 10.5. The molecule has 0 fully saturated rings. The molecule has 3 aromatic rings. The SMILES string of the molecule is COc1ccc(Nc2nccc(C(=O)NCCc3ccccc3)n2)cc1OC. The van der Waals surface area contributed by atoms with E-state index in [0.29, 0.717) is 29.7 Å². The molecule has 3 rings (SSSR count). The first kappa shape index (κ1) is 19.2. The van der Waals surface area contributed by atoms with Crippen LogP contribution in [-0.2, 0) is 6.42 Å². The van der Waals surface area contributed by atoms with Crippen LogP contribution in [0.15, 0.2) is 60.8 Å². The molecule has 7 heteroatoms. The lowest BCUT2D eigenvalue weighted by Gasteiger charge is -2.11. The Morgan fingerprint density at radius 2 is 1.79 bits per heavy atom. The zero-order valence-corrected chi connectivity index (χ0v) is 15.8. The van der Waals surface area contributed by atoms with E-state index in [1.165, 1.54) is 5.56 Å². The average molecular weight is 378 g/mol. The van der Waals surface area contributed by atoms with Crippen LogP contribution in [0.4, 0.5) is 11.6 Å². The molecule has 0 radical (unpaired) electrons. The molecule has 2 N–H and O–H groups in total. The molecule has 144 valence electrons. The van der Waals surface area contributed by atoms with Crippen LogP contribution in [-0.4, -0.2) is 36.6 Å². The summed E-state index contributed by atoms with van der Waals surface area (Å²) >= 11 is 0. The summed E-state index contributed by atoms with van der Waals surface area (Å²) in [4.78, 5) is 20.8. The molecule has 0 aliphatic rings. The molecule has 7 nitrogen and oxygen atoms in total. The fourth-order valence-electron chi connectivity index (χ4n) is 2.64. The number of nitrogens with zero attached hydrogens (tertiary/aromatic N) is 2. The maximum Gasteiger partial charge on any atom is 0.270 e. The van der Waals surface area contributed by atoms with E-state index in [1.807, 2.05) is 36.4 Å². The smallest absolute Gasteiger partial charge is 0.270 e. The van der Waals surface area contributed by atoms with E-state index in [1.54, 1.807) is 38.6 Å². The average Bonchev–Trinajstić information content (AvgIpc) is 2.74. The molecule has 1 heterocycles. The third kappa shape index (κ3) is 4.97. The van der Waals surface area contributed by atoms with Gasteiger partial charge in [0.2, 0.25) is 5.95 Å². The molecular formula is C21H22N4O3. The zero-order valence-electron chi connectivity index (χ0n) is 15.8. The number of methoxy groups -OCH3 is 2. The van der Waals surface area contributed by atoms with Gasteiger partial charge in [0.25, 0.3) is 5.91 Å². The highest BCUT2D eigenvalue weighted by Gasteiger charge is 2.10. The summed E-state index contributed by atoms with van der Waals surface area (Å²) in [7, 11) is 3.15. The van der Waals surface area contributed by atoms with Gasteiger partial charge >= 0.3 is 0 Å². The van der Waals surface area contributed by atoms with Crippen LogP contribution in [0, 0.1) is 0 Å². The van der Waals surface area contributed by atoms with E-state index < -0.39 is 0 Å². The van der Waals surface area contributed by atoms with Gasteiger partial charge in [-0.3, -0.25) is 4.79 Å². The maximum absolute atomic E-state index is 12.4. The van der Waals surface area contributed by atoms with Gasteiger partial charge in [0.15, 0.2) is 11.5 Å². The van der Waals surface area contributed by atoms with Crippen LogP contribution in [0.1, 0.15) is 16.1 Å². The normalized spacial score (nSPS) is 10.2. The van der Waals surface area contributed by atoms with Crippen molar-refractivity contribution in [2.45, 2.75) is 6.42 Å². The number of rotatable bonds is 8. The second kappa shape index (κ2) is 9.36. The van der Waals surface area contributed by atoms with E-state index in [0.717, 1.165) is 12.1 Å². The van der Waals surface area contributed by atoms with Crippen molar-refractivity contribution in [3.8, 4) is 11.5 Å². The van der Waals surface area contributed by atoms with Crippen LogP contribution in [0.5, 0.6) is 11.5 Å². The van der Waals surface area contributed by atoms with Crippen molar-refractivity contribution in [1.29, 1.82) is 0 Å². The van der Waals surface area contributed by atoms with Crippen molar-refractivity contribution in [2.75, 3.05) is 26.1 Å². The number of benzene rings is 2. The number of hydrogen-bond donors (Lipinski definition) is 2. The van der Waals surface area contributed by atoms with Gasteiger partial charge in [0.1, 0.15) is 5.69 Å². The molecule has 0 saturated heterocycles. The van der Waals surface area contributed by atoms with Crippen molar-refractivity contribution in [1.82, 2.24) is 15.3 Å². The van der Waals surface area contributed by atoms with Crippen molar-refractivity contribution in [3.63, 3.8) is 0 Å². The summed E-state index contributed by atoms with van der Waals surface area (Å²) in [5.41, 5.74) is 2.19. The quantitative estimate of drug-likeness (QED) is 0.626. The Labute approximate surface area is 163 Å². The fourth-order valence-corrected chi connectivity index (χ4v) is 2.64. The first-order valence-corrected chi connectivity index (χ1v) is 8.84. The molecular weight excluding hydrogens is 356 g/mol. The molecule has 0 aliphatic carbocycles. The molecule has 0 spiro atoms. The molecule has 0 aliphatic heterocycles. The van der Waals surface area contributed by atoms with E-state index in [-0.39, 0.29) is 5.91 Å². The topological polar surface area (TPSA) is 85.4 Å². The summed E-state index contributed by atoms with van der Waals surface area (Å²) in [5, 5.41) is 5.95. The number of ether oxygens (including phenoxy) is 2. The molecule has 1 amide bonds. The molecule has 0 atom stereocenters. The summed E-state index contributed by atoms with van der Waals surface area (Å²) in [5.74, 6) is 1.29. The third-order valence-electron chi connectivity index (χ3n) is 4.07. The van der Waals surface area contributed by atoms with Crippen molar-refractivity contribution in [2.24, 2.45) is 0 Å². The maximum atomic E-state index is 12.4. The molecule has 28 heavy (non-hydrogen) atoms. The van der Waals surface area contributed by atoms with Crippen LogP contribution in [0.3, 0.4) is 0 Å². The van der Waals surface area contributed by atoms with E-state index >= 15 is 0 Å². The highest BCUT2D eigenvalue weighted by molar-refractivity contribution is 5.92. The zero-order chi connectivity index (χ0) is 19.8.